The van der Waals surface area contributed by atoms with E-state index in [4.69, 9.17) is 14.5 Å². The van der Waals surface area contributed by atoms with Crippen molar-refractivity contribution in [2.45, 2.75) is 175 Å². The van der Waals surface area contributed by atoms with Crippen molar-refractivity contribution < 1.29 is 19.1 Å². The summed E-state index contributed by atoms with van der Waals surface area (Å²) in [6, 6.07) is 9.77. The molecule has 3 heterocycles. The van der Waals surface area contributed by atoms with Gasteiger partial charge in [-0.15, -0.1) is 11.3 Å². The fraction of sp³-hybridized carbons (Fsp3) is 0.711. The van der Waals surface area contributed by atoms with Crippen LogP contribution in [0.4, 0.5) is 16.2 Å². The molecule has 1 aromatic carbocycles. The van der Waals surface area contributed by atoms with E-state index >= 15 is 0 Å². The Morgan fingerprint density at radius 3 is 1.76 bits per heavy atom. The van der Waals surface area contributed by atoms with Crippen molar-refractivity contribution >= 4 is 40.6 Å². The van der Waals surface area contributed by atoms with Gasteiger partial charge in [0.25, 0.3) is 5.79 Å². The maximum atomic E-state index is 14.2. The molecule has 9 heteroatoms. The van der Waals surface area contributed by atoms with Gasteiger partial charge in [-0.1, -0.05) is 147 Å². The van der Waals surface area contributed by atoms with Gasteiger partial charge < -0.3 is 19.3 Å². The molecular weight excluding hydrogens is 693 g/mol. The largest absolute Gasteiger partial charge is 0.423 e. The number of likely N-dealkylation sites (N-methyl/N-ethyl adjacent to an activating group) is 1. The van der Waals surface area contributed by atoms with Crippen molar-refractivity contribution in [1.29, 1.82) is 0 Å². The zero-order valence-electron chi connectivity index (χ0n) is 34.6. The molecule has 54 heavy (non-hydrogen) atoms. The first-order chi connectivity index (χ1) is 26.2. The normalized spacial score (nSPS) is 14.7. The molecule has 0 saturated carbocycles. The summed E-state index contributed by atoms with van der Waals surface area (Å²) in [7, 11) is 2.12. The summed E-state index contributed by atoms with van der Waals surface area (Å²) >= 11 is 1.62. The Bertz CT molecular complexity index is 1530. The van der Waals surface area contributed by atoms with Crippen LogP contribution in [0.5, 0.6) is 0 Å². The van der Waals surface area contributed by atoms with Crippen LogP contribution in [0.1, 0.15) is 167 Å². The third kappa shape index (κ3) is 15.0. The second kappa shape index (κ2) is 23.9. The minimum atomic E-state index is -1.43. The summed E-state index contributed by atoms with van der Waals surface area (Å²) in [5.41, 5.74) is 1.35. The number of anilines is 1. The number of esters is 1. The van der Waals surface area contributed by atoms with E-state index in [1.54, 1.807) is 30.1 Å². The summed E-state index contributed by atoms with van der Waals surface area (Å²) in [6.07, 6.45) is 27.6. The van der Waals surface area contributed by atoms with E-state index in [0.717, 1.165) is 66.0 Å². The van der Waals surface area contributed by atoms with Gasteiger partial charge in [-0.3, -0.25) is 4.79 Å². The number of hydrogen-bond donors (Lipinski definition) is 0. The lowest BCUT2D eigenvalue weighted by atomic mass is 10.0. The van der Waals surface area contributed by atoms with Gasteiger partial charge in [-0.05, 0) is 38.6 Å². The van der Waals surface area contributed by atoms with E-state index < -0.39 is 11.9 Å². The topological polar surface area (TPSA) is 74.7 Å². The van der Waals surface area contributed by atoms with Crippen molar-refractivity contribution in [3.63, 3.8) is 0 Å². The van der Waals surface area contributed by atoms with Crippen LogP contribution >= 0.6 is 11.3 Å². The van der Waals surface area contributed by atoms with Crippen molar-refractivity contribution in [3.8, 4) is 0 Å². The fourth-order valence-electron chi connectivity index (χ4n) is 7.65. The maximum absolute atomic E-state index is 14.2. The van der Waals surface area contributed by atoms with Crippen LogP contribution in [0, 0.1) is 6.92 Å². The number of aryl methyl sites for hydroxylation is 1. The van der Waals surface area contributed by atoms with Crippen LogP contribution in [0.25, 0.3) is 5.82 Å². The number of piperazine rings is 1. The van der Waals surface area contributed by atoms with Crippen LogP contribution in [-0.2, 0) is 14.3 Å². The van der Waals surface area contributed by atoms with E-state index in [2.05, 4.69) is 36.8 Å². The molecule has 0 bridgehead atoms. The maximum Gasteiger partial charge on any atom is 0.423 e. The second-order valence-electron chi connectivity index (χ2n) is 16.2. The smallest absolute Gasteiger partial charge is 0.423 e. The van der Waals surface area contributed by atoms with Crippen molar-refractivity contribution in [2.24, 2.45) is 4.99 Å². The van der Waals surface area contributed by atoms with E-state index in [9.17, 15) is 9.59 Å². The Labute approximate surface area is 331 Å². The highest BCUT2D eigenvalue weighted by Crippen LogP contribution is 2.35. The van der Waals surface area contributed by atoms with Gasteiger partial charge in [0, 0.05) is 51.3 Å². The molecule has 0 spiro atoms. The summed E-state index contributed by atoms with van der Waals surface area (Å²) in [5.74, 6) is -1.00. The van der Waals surface area contributed by atoms with Gasteiger partial charge >= 0.3 is 12.1 Å². The van der Waals surface area contributed by atoms with Crippen molar-refractivity contribution in [3.05, 3.63) is 45.1 Å². The molecule has 1 saturated heterocycles. The molecule has 0 aliphatic carbocycles. The van der Waals surface area contributed by atoms with Gasteiger partial charge in [0.05, 0.1) is 16.6 Å². The number of unbranched alkanes of at least 4 members (excludes halogenated alkanes) is 20. The number of carbonyl (C=O) groups is 2. The number of rotatable bonds is 25. The minimum Gasteiger partial charge on any atom is -0.423 e. The molecule has 0 radical (unpaired) electrons. The van der Waals surface area contributed by atoms with Gasteiger partial charge in [-0.2, -0.15) is 0 Å². The average Bonchev–Trinajstić information content (AvgIpc) is 3.43. The molecule has 2 aliphatic heterocycles. The zero-order chi connectivity index (χ0) is 38.6. The summed E-state index contributed by atoms with van der Waals surface area (Å²) in [6.45, 7) is 10.9. The number of fused-ring (bicyclic) bond motifs is 2. The highest BCUT2D eigenvalue weighted by atomic mass is 32.1. The molecule has 8 nitrogen and oxygen atoms in total. The number of ether oxygens (including phenoxy) is 2. The number of hydrogen-bond acceptors (Lipinski definition) is 8. The third-order valence-electron chi connectivity index (χ3n) is 10.8. The summed E-state index contributed by atoms with van der Waals surface area (Å²) in [4.78, 5) is 39.4. The second-order valence-corrected chi connectivity index (χ2v) is 17.4. The van der Waals surface area contributed by atoms with Crippen molar-refractivity contribution in [2.75, 3.05) is 38.1 Å². The molecule has 0 unspecified atom stereocenters. The number of thiophene rings is 1. The molecule has 2 aromatic rings. The molecule has 2 aliphatic rings. The zero-order valence-corrected chi connectivity index (χ0v) is 35.4. The van der Waals surface area contributed by atoms with E-state index in [1.165, 1.54) is 116 Å². The lowest BCUT2D eigenvalue weighted by molar-refractivity contribution is -0.193. The molecule has 1 aromatic heterocycles. The Kier molecular flexibility index (Phi) is 19.4. The lowest BCUT2D eigenvalue weighted by Crippen LogP contribution is -2.52. The molecule has 1 fully saturated rings. The molecular formula is C45H72N4O4S. The minimum absolute atomic E-state index is 0.321. The average molecular weight is 765 g/mol. The Hall–Kier alpha value is -2.91. The van der Waals surface area contributed by atoms with Crippen LogP contribution in [0.3, 0.4) is 0 Å². The van der Waals surface area contributed by atoms with Gasteiger partial charge in [0.1, 0.15) is 10.5 Å². The monoisotopic (exact) mass is 765 g/mol. The molecule has 0 atom stereocenters. The highest BCUT2D eigenvalue weighted by molar-refractivity contribution is 7.09. The molecule has 0 N–H and O–H groups in total. The Balaban J connectivity index is 1.11. The van der Waals surface area contributed by atoms with Gasteiger partial charge in [0.15, 0.2) is 0 Å². The summed E-state index contributed by atoms with van der Waals surface area (Å²) in [5, 5.41) is 0.916. The standard InChI is InChI=1S/C45H72N4O4S/c1-6-7-8-9-10-11-12-13-14-15-16-17-18-19-20-21-22-23-24-25-26-31-41(50)52-45(3,4)53-44(51)49-40-30-28-27-29-39(40)46-42-38(36-37(2)54-42)43(49)48-34-32-47(5)33-35-48/h27-30,36H,6-26,31-35H2,1-5H3. The van der Waals surface area contributed by atoms with Crippen LogP contribution in [-0.4, -0.2) is 60.9 Å². The quantitative estimate of drug-likeness (QED) is 0.0569. The molecule has 302 valence electrons. The van der Waals surface area contributed by atoms with Crippen LogP contribution < -0.4 is 14.8 Å². The van der Waals surface area contributed by atoms with Crippen LogP contribution in [0.2, 0.25) is 0 Å². The van der Waals surface area contributed by atoms with E-state index in [-0.39, 0.29) is 5.97 Å². The van der Waals surface area contributed by atoms with Crippen LogP contribution in [0.15, 0.2) is 35.3 Å². The summed E-state index contributed by atoms with van der Waals surface area (Å²) < 4.78 is 12.7. The number of benzene rings is 1. The van der Waals surface area contributed by atoms with Gasteiger partial charge in [-0.25, -0.2) is 14.7 Å². The van der Waals surface area contributed by atoms with E-state index in [1.807, 2.05) is 24.3 Å². The first-order valence-corrected chi connectivity index (χ1v) is 22.5. The Morgan fingerprint density at radius 1 is 0.722 bits per heavy atom. The fourth-order valence-corrected chi connectivity index (χ4v) is 8.54. The SMILES string of the molecule is CCCCCCCCCCCCCCCCCCCCCCCC(=O)OC(C)(C)OC(=O)N1C(N2CCN(C)CC2)=c2cc(C)sc2=Nc2ccccc21. The Morgan fingerprint density at radius 2 is 1.22 bits per heavy atom. The lowest BCUT2D eigenvalue weighted by Gasteiger charge is -2.39. The molecule has 4 rings (SSSR count). The number of carbonyl (C=O) groups excluding carboxylic acids is 2. The predicted molar refractivity (Wildman–Crippen MR) is 225 cm³/mol. The number of amides is 1. The third-order valence-corrected chi connectivity index (χ3v) is 11.7. The highest BCUT2D eigenvalue weighted by Gasteiger charge is 2.36. The number of para-hydroxylation sites is 2. The first-order valence-electron chi connectivity index (χ1n) is 21.7. The van der Waals surface area contributed by atoms with Crippen molar-refractivity contribution in [1.82, 2.24) is 9.80 Å². The van der Waals surface area contributed by atoms with E-state index in [0.29, 0.717) is 17.8 Å². The predicted octanol–water partition coefficient (Wildman–Crippen LogP) is 11.2. The van der Waals surface area contributed by atoms with Gasteiger partial charge in [0.2, 0.25) is 0 Å². The first kappa shape index (κ1) is 43.8. The number of nitrogens with zero attached hydrogens (tertiary/aromatic N) is 4. The molecule has 1 amide bonds.